The van der Waals surface area contributed by atoms with Gasteiger partial charge in [-0.2, -0.15) is 5.10 Å². The molecule has 0 saturated carbocycles. The second-order valence-electron chi connectivity index (χ2n) is 3.60. The lowest BCUT2D eigenvalue weighted by Crippen LogP contribution is -2.07. The van der Waals surface area contributed by atoms with Crippen molar-refractivity contribution in [1.29, 1.82) is 0 Å². The molecule has 1 unspecified atom stereocenters. The highest BCUT2D eigenvalue weighted by molar-refractivity contribution is 6.30. The predicted octanol–water partition coefficient (Wildman–Crippen LogP) is 0.592. The van der Waals surface area contributed by atoms with Crippen LogP contribution in [0.1, 0.15) is 23.1 Å². The van der Waals surface area contributed by atoms with Crippen molar-refractivity contribution >= 4 is 11.6 Å². The number of aliphatic hydroxyl groups excluding tert-OH is 1. The van der Waals surface area contributed by atoms with Crippen molar-refractivity contribution in [2.45, 2.75) is 13.0 Å². The van der Waals surface area contributed by atoms with E-state index in [9.17, 15) is 5.11 Å². The fraction of sp³-hybridized carbons (Fsp3) is 0.444. The highest BCUT2D eigenvalue weighted by Crippen LogP contribution is 2.29. The standard InChI is InChI=1S/C9H12ClN5O/c1-5-7(9(10)15(3)12-5)8(16)6-4-11-13-14(6)2/h4,8,16H,1-3H3. The van der Waals surface area contributed by atoms with E-state index in [0.29, 0.717) is 22.1 Å². The molecule has 0 bridgehead atoms. The lowest BCUT2D eigenvalue weighted by Gasteiger charge is -2.09. The Morgan fingerprint density at radius 3 is 2.50 bits per heavy atom. The Balaban J connectivity index is 2.49. The SMILES string of the molecule is Cc1nn(C)c(Cl)c1C(O)c1cnnn1C. The van der Waals surface area contributed by atoms with Gasteiger partial charge in [0.05, 0.1) is 17.6 Å². The van der Waals surface area contributed by atoms with Crippen molar-refractivity contribution in [1.82, 2.24) is 24.8 Å². The minimum absolute atomic E-state index is 0.422. The summed E-state index contributed by atoms with van der Waals surface area (Å²) in [5, 5.41) is 22.2. The molecule has 2 aromatic heterocycles. The van der Waals surface area contributed by atoms with Crippen LogP contribution in [0.3, 0.4) is 0 Å². The second kappa shape index (κ2) is 3.88. The molecule has 0 aliphatic heterocycles. The fourth-order valence-corrected chi connectivity index (χ4v) is 1.93. The molecule has 7 heteroatoms. The van der Waals surface area contributed by atoms with Gasteiger partial charge in [0.15, 0.2) is 0 Å². The third kappa shape index (κ3) is 1.60. The summed E-state index contributed by atoms with van der Waals surface area (Å²) in [6.45, 7) is 1.80. The molecular formula is C9H12ClN5O. The number of halogens is 1. The molecule has 16 heavy (non-hydrogen) atoms. The van der Waals surface area contributed by atoms with Gasteiger partial charge in [-0.05, 0) is 6.92 Å². The van der Waals surface area contributed by atoms with Gasteiger partial charge in [0, 0.05) is 19.7 Å². The van der Waals surface area contributed by atoms with Gasteiger partial charge in [-0.25, -0.2) is 4.68 Å². The lowest BCUT2D eigenvalue weighted by atomic mass is 10.1. The smallest absolute Gasteiger partial charge is 0.133 e. The molecular weight excluding hydrogens is 230 g/mol. The maximum Gasteiger partial charge on any atom is 0.133 e. The Morgan fingerprint density at radius 1 is 1.38 bits per heavy atom. The van der Waals surface area contributed by atoms with Gasteiger partial charge < -0.3 is 5.11 Å². The Bertz CT molecular complexity index is 518. The van der Waals surface area contributed by atoms with E-state index >= 15 is 0 Å². The molecule has 6 nitrogen and oxygen atoms in total. The zero-order valence-corrected chi connectivity index (χ0v) is 9.97. The summed E-state index contributed by atoms with van der Waals surface area (Å²) in [7, 11) is 3.44. The van der Waals surface area contributed by atoms with Crippen molar-refractivity contribution in [3.63, 3.8) is 0 Å². The molecule has 0 spiro atoms. The molecule has 2 rings (SSSR count). The quantitative estimate of drug-likeness (QED) is 0.836. The minimum Gasteiger partial charge on any atom is -0.382 e. The first-order valence-corrected chi connectivity index (χ1v) is 5.11. The zero-order chi connectivity index (χ0) is 11.9. The van der Waals surface area contributed by atoms with Gasteiger partial charge in [-0.3, -0.25) is 4.68 Å². The van der Waals surface area contributed by atoms with E-state index < -0.39 is 6.10 Å². The van der Waals surface area contributed by atoms with Crippen molar-refractivity contribution in [3.05, 3.63) is 28.3 Å². The van der Waals surface area contributed by atoms with Crippen molar-refractivity contribution in [2.24, 2.45) is 14.1 Å². The third-order valence-corrected chi connectivity index (χ3v) is 2.95. The first-order chi connectivity index (χ1) is 7.52. The predicted molar refractivity (Wildman–Crippen MR) is 58.0 cm³/mol. The van der Waals surface area contributed by atoms with Crippen molar-refractivity contribution in [2.75, 3.05) is 0 Å². The number of nitrogens with zero attached hydrogens (tertiary/aromatic N) is 5. The normalized spacial score (nSPS) is 13.1. The van der Waals surface area contributed by atoms with Gasteiger partial charge in [0.1, 0.15) is 11.3 Å². The molecule has 2 aromatic rings. The summed E-state index contributed by atoms with van der Waals surface area (Å²) >= 11 is 6.07. The Labute approximate surface area is 97.4 Å². The van der Waals surface area contributed by atoms with E-state index in [2.05, 4.69) is 15.4 Å². The maximum atomic E-state index is 10.2. The summed E-state index contributed by atoms with van der Waals surface area (Å²) in [6, 6.07) is 0. The van der Waals surface area contributed by atoms with Gasteiger partial charge >= 0.3 is 0 Å². The van der Waals surface area contributed by atoms with Crippen LogP contribution in [0.15, 0.2) is 6.20 Å². The summed E-state index contributed by atoms with van der Waals surface area (Å²) in [4.78, 5) is 0. The Morgan fingerprint density at radius 2 is 2.06 bits per heavy atom. The van der Waals surface area contributed by atoms with Crippen LogP contribution in [0.5, 0.6) is 0 Å². The fourth-order valence-electron chi connectivity index (χ4n) is 1.65. The third-order valence-electron chi connectivity index (χ3n) is 2.50. The van der Waals surface area contributed by atoms with Crippen molar-refractivity contribution < 1.29 is 5.11 Å². The molecule has 0 saturated heterocycles. The van der Waals surface area contributed by atoms with Crippen LogP contribution in [0, 0.1) is 6.92 Å². The van der Waals surface area contributed by atoms with Crippen LogP contribution in [0.25, 0.3) is 0 Å². The van der Waals surface area contributed by atoms with Gasteiger partial charge in [-0.1, -0.05) is 16.8 Å². The van der Waals surface area contributed by atoms with E-state index in [0.717, 1.165) is 0 Å². The molecule has 1 atom stereocenters. The van der Waals surface area contributed by atoms with E-state index in [-0.39, 0.29) is 0 Å². The minimum atomic E-state index is -0.860. The average molecular weight is 242 g/mol. The van der Waals surface area contributed by atoms with E-state index in [1.165, 1.54) is 15.6 Å². The molecule has 0 aliphatic carbocycles. The molecule has 86 valence electrons. The first kappa shape index (κ1) is 11.1. The van der Waals surface area contributed by atoms with E-state index in [1.807, 2.05) is 0 Å². The highest BCUT2D eigenvalue weighted by Gasteiger charge is 2.23. The van der Waals surface area contributed by atoms with E-state index in [1.54, 1.807) is 21.0 Å². The summed E-state index contributed by atoms with van der Waals surface area (Å²) in [5.41, 5.74) is 1.87. The Hall–Kier alpha value is -1.40. The van der Waals surface area contributed by atoms with Crippen LogP contribution in [0.4, 0.5) is 0 Å². The maximum absolute atomic E-state index is 10.2. The topological polar surface area (TPSA) is 68.8 Å². The number of aliphatic hydroxyl groups is 1. The van der Waals surface area contributed by atoms with Crippen LogP contribution in [-0.2, 0) is 14.1 Å². The Kier molecular flexibility index (Phi) is 2.69. The van der Waals surface area contributed by atoms with Crippen LogP contribution < -0.4 is 0 Å². The lowest BCUT2D eigenvalue weighted by molar-refractivity contribution is 0.209. The van der Waals surface area contributed by atoms with Crippen LogP contribution in [0.2, 0.25) is 5.15 Å². The molecule has 0 radical (unpaired) electrons. The van der Waals surface area contributed by atoms with Gasteiger partial charge in [0.25, 0.3) is 0 Å². The largest absolute Gasteiger partial charge is 0.382 e. The number of aryl methyl sites for hydroxylation is 3. The molecule has 1 N–H and O–H groups in total. The molecule has 0 aromatic carbocycles. The number of aromatic nitrogens is 5. The zero-order valence-electron chi connectivity index (χ0n) is 9.22. The number of hydrogen-bond donors (Lipinski definition) is 1. The summed E-state index contributed by atoms with van der Waals surface area (Å²) in [5.74, 6) is 0. The first-order valence-electron chi connectivity index (χ1n) is 4.74. The van der Waals surface area contributed by atoms with E-state index in [4.69, 9.17) is 11.6 Å². The number of hydrogen-bond acceptors (Lipinski definition) is 4. The average Bonchev–Trinajstić information content (AvgIpc) is 2.73. The summed E-state index contributed by atoms with van der Waals surface area (Å²) in [6.07, 6.45) is 0.647. The van der Waals surface area contributed by atoms with Gasteiger partial charge in [-0.15, -0.1) is 5.10 Å². The van der Waals surface area contributed by atoms with Crippen LogP contribution in [-0.4, -0.2) is 29.9 Å². The second-order valence-corrected chi connectivity index (χ2v) is 3.96. The molecule has 0 fully saturated rings. The van der Waals surface area contributed by atoms with Gasteiger partial charge in [0.2, 0.25) is 0 Å². The molecule has 0 aliphatic rings. The van der Waals surface area contributed by atoms with Crippen LogP contribution >= 0.6 is 11.6 Å². The monoisotopic (exact) mass is 241 g/mol. The molecule has 2 heterocycles. The highest BCUT2D eigenvalue weighted by atomic mass is 35.5. The summed E-state index contributed by atoms with van der Waals surface area (Å²) < 4.78 is 3.03. The van der Waals surface area contributed by atoms with Crippen molar-refractivity contribution in [3.8, 4) is 0 Å². The number of rotatable bonds is 2. The molecule has 0 amide bonds.